The fraction of sp³-hybridized carbons (Fsp3) is 0.0385. The third-order valence-corrected chi connectivity index (χ3v) is 7.96. The summed E-state index contributed by atoms with van der Waals surface area (Å²) in [4.78, 5) is 18.4. The molecule has 0 unspecified atom stereocenters. The summed E-state index contributed by atoms with van der Waals surface area (Å²) in [5.74, 6) is 0.503. The van der Waals surface area contributed by atoms with Crippen LogP contribution in [0.5, 0.6) is 0 Å². The van der Waals surface area contributed by atoms with Crippen molar-refractivity contribution in [3.63, 3.8) is 0 Å². The van der Waals surface area contributed by atoms with Crippen molar-refractivity contribution in [1.82, 2.24) is 31.3 Å². The summed E-state index contributed by atoms with van der Waals surface area (Å²) in [6, 6.07) is 24.1. The van der Waals surface area contributed by atoms with Crippen molar-refractivity contribution in [2.75, 3.05) is 0 Å². The zero-order valence-corrected chi connectivity index (χ0v) is 21.9. The first kappa shape index (κ1) is 24.8. The van der Waals surface area contributed by atoms with Gasteiger partial charge in [0.25, 0.3) is 5.56 Å². The summed E-state index contributed by atoms with van der Waals surface area (Å²) in [5, 5.41) is 14.8. The van der Waals surface area contributed by atoms with E-state index < -0.39 is 10.0 Å². The molecule has 6 N–H and O–H groups in total. The van der Waals surface area contributed by atoms with E-state index >= 15 is 0 Å². The predicted octanol–water partition coefficient (Wildman–Crippen LogP) is 2.47. The smallest absolute Gasteiger partial charge is 0.277 e. The second-order valence-electron chi connectivity index (χ2n) is 8.76. The average Bonchev–Trinajstić information content (AvgIpc) is 3.71. The quantitative estimate of drug-likeness (QED) is 0.205. The summed E-state index contributed by atoms with van der Waals surface area (Å²) in [5.41, 5.74) is 13.2. The number of primary sulfonamides is 1. The summed E-state index contributed by atoms with van der Waals surface area (Å²) in [6.45, 7) is 0. The maximum Gasteiger partial charge on any atom is 0.277 e. The van der Waals surface area contributed by atoms with Crippen molar-refractivity contribution in [2.45, 2.75) is 11.3 Å². The first-order valence-corrected chi connectivity index (χ1v) is 14.2. The van der Waals surface area contributed by atoms with Crippen LogP contribution in [-0.2, 0) is 16.4 Å². The fourth-order valence-corrected chi connectivity index (χ4v) is 5.57. The number of thiazole rings is 1. The summed E-state index contributed by atoms with van der Waals surface area (Å²) in [6.07, 6.45) is 0.262. The molecule has 0 atom stereocenters. The number of nitrogens with two attached hydrogens (primary N) is 1. The van der Waals surface area contributed by atoms with Gasteiger partial charge in [-0.25, -0.2) is 24.1 Å². The standard InChI is InChI=1S/C26H22N8O3S2/c27-39(36,37)20-11-9-16(10-12-20)13-21-23(19-8-4-7-18(14-19)17-5-2-1-3-6-17)31-34(25(21)35)26-28-22(15-38-26)24-29-32-33-30-24/h1-12,14-15,31-33H,13H2,(H,29,30)(H2,27,36,37). The molecule has 39 heavy (non-hydrogen) atoms. The first-order chi connectivity index (χ1) is 18.9. The van der Waals surface area contributed by atoms with Crippen LogP contribution >= 0.6 is 11.3 Å². The molecular weight excluding hydrogens is 536 g/mol. The Morgan fingerprint density at radius 1 is 0.923 bits per heavy atom. The Hall–Kier alpha value is -4.56. The highest BCUT2D eigenvalue weighted by atomic mass is 32.2. The Morgan fingerprint density at radius 3 is 2.38 bits per heavy atom. The number of hydrogen-bond donors (Lipinski definition) is 5. The number of aromatic nitrogens is 3. The molecule has 0 spiro atoms. The van der Waals surface area contributed by atoms with Crippen molar-refractivity contribution in [3.8, 4) is 27.5 Å². The highest BCUT2D eigenvalue weighted by molar-refractivity contribution is 7.89. The van der Waals surface area contributed by atoms with Gasteiger partial charge in [-0.2, -0.15) is 4.68 Å². The number of nitrogens with zero attached hydrogens (tertiary/aromatic N) is 3. The van der Waals surface area contributed by atoms with Gasteiger partial charge in [0.1, 0.15) is 5.69 Å². The molecule has 3 aromatic carbocycles. The van der Waals surface area contributed by atoms with Crippen LogP contribution in [0.25, 0.3) is 27.5 Å². The van der Waals surface area contributed by atoms with Crippen LogP contribution in [-0.4, -0.2) is 29.0 Å². The maximum absolute atomic E-state index is 13.8. The third-order valence-electron chi connectivity index (χ3n) is 6.21. The van der Waals surface area contributed by atoms with E-state index in [1.807, 2.05) is 54.6 Å². The van der Waals surface area contributed by atoms with E-state index in [4.69, 9.17) is 5.14 Å². The van der Waals surface area contributed by atoms with Gasteiger partial charge in [0, 0.05) is 22.9 Å². The highest BCUT2D eigenvalue weighted by Crippen LogP contribution is 2.28. The third kappa shape index (κ3) is 4.98. The zero-order valence-electron chi connectivity index (χ0n) is 20.3. The molecule has 0 saturated heterocycles. The molecule has 11 nitrogen and oxygen atoms in total. The van der Waals surface area contributed by atoms with Crippen LogP contribution in [0.4, 0.5) is 0 Å². The first-order valence-electron chi connectivity index (χ1n) is 11.8. The van der Waals surface area contributed by atoms with Gasteiger partial charge >= 0.3 is 0 Å². The maximum atomic E-state index is 13.8. The van der Waals surface area contributed by atoms with E-state index in [0.29, 0.717) is 27.9 Å². The SMILES string of the molecule is NS(=O)(=O)c1ccc(Cc2c(-c3cccc(-c4ccccc4)c3)[nH]n(-c3nc(C4=NNNN4)cs3)c2=O)cc1. The number of hydrazone groups is 1. The van der Waals surface area contributed by atoms with Gasteiger partial charge in [-0.3, -0.25) is 15.3 Å². The lowest BCUT2D eigenvalue weighted by atomic mass is 9.98. The van der Waals surface area contributed by atoms with E-state index in [1.165, 1.54) is 28.2 Å². The Kier molecular flexibility index (Phi) is 6.32. The number of aromatic amines is 1. The number of hydrogen-bond acceptors (Lipinski definition) is 9. The number of rotatable bonds is 7. The number of sulfonamides is 1. The summed E-state index contributed by atoms with van der Waals surface area (Å²) < 4.78 is 24.8. The van der Waals surface area contributed by atoms with E-state index in [1.54, 1.807) is 17.5 Å². The molecule has 0 saturated carbocycles. The molecule has 1 aliphatic rings. The molecule has 1 aliphatic heterocycles. The summed E-state index contributed by atoms with van der Waals surface area (Å²) in [7, 11) is -3.82. The fourth-order valence-electron chi connectivity index (χ4n) is 4.29. The number of H-pyrrole nitrogens is 1. The average molecular weight is 559 g/mol. The molecule has 0 radical (unpaired) electrons. The molecule has 0 fully saturated rings. The number of hydrazine groups is 2. The van der Waals surface area contributed by atoms with Crippen LogP contribution in [0.1, 0.15) is 16.8 Å². The highest BCUT2D eigenvalue weighted by Gasteiger charge is 2.21. The lowest BCUT2D eigenvalue weighted by Crippen LogP contribution is -2.35. The Balaban J connectivity index is 1.45. The van der Waals surface area contributed by atoms with E-state index in [0.717, 1.165) is 22.3 Å². The molecule has 2 aromatic heterocycles. The van der Waals surface area contributed by atoms with Crippen molar-refractivity contribution in [3.05, 3.63) is 111 Å². The minimum absolute atomic E-state index is 0.0104. The Labute approximate surface area is 227 Å². The van der Waals surface area contributed by atoms with Crippen LogP contribution in [0.3, 0.4) is 0 Å². The van der Waals surface area contributed by atoms with Crippen molar-refractivity contribution < 1.29 is 8.42 Å². The lowest BCUT2D eigenvalue weighted by molar-refractivity contribution is 0.577. The molecule has 0 bridgehead atoms. The second kappa shape index (κ2) is 9.96. The monoisotopic (exact) mass is 558 g/mol. The molecule has 3 heterocycles. The van der Waals surface area contributed by atoms with Crippen molar-refractivity contribution >= 4 is 27.2 Å². The molecule has 5 aromatic rings. The van der Waals surface area contributed by atoms with E-state index in [2.05, 4.69) is 31.7 Å². The Bertz CT molecular complexity index is 1860. The number of benzene rings is 3. The van der Waals surface area contributed by atoms with E-state index in [-0.39, 0.29) is 16.9 Å². The second-order valence-corrected chi connectivity index (χ2v) is 11.2. The zero-order chi connectivity index (χ0) is 27.0. The van der Waals surface area contributed by atoms with Crippen molar-refractivity contribution in [2.24, 2.45) is 10.2 Å². The van der Waals surface area contributed by atoms with Gasteiger partial charge in [0.2, 0.25) is 15.2 Å². The van der Waals surface area contributed by atoms with Crippen LogP contribution < -0.4 is 27.2 Å². The molecule has 0 aliphatic carbocycles. The predicted molar refractivity (Wildman–Crippen MR) is 149 cm³/mol. The molecular formula is C26H22N8O3S2. The minimum Gasteiger partial charge on any atom is -0.288 e. The number of nitrogens with one attached hydrogen (secondary N) is 4. The molecule has 13 heteroatoms. The normalized spacial score (nSPS) is 13.1. The Morgan fingerprint density at radius 2 is 1.67 bits per heavy atom. The minimum atomic E-state index is -3.82. The van der Waals surface area contributed by atoms with Gasteiger partial charge < -0.3 is 0 Å². The number of amidine groups is 1. The molecule has 196 valence electrons. The van der Waals surface area contributed by atoms with Gasteiger partial charge in [-0.05, 0) is 34.9 Å². The molecule has 6 rings (SSSR count). The summed E-state index contributed by atoms with van der Waals surface area (Å²) >= 11 is 1.30. The topological polar surface area (TPSA) is 159 Å². The van der Waals surface area contributed by atoms with Gasteiger partial charge in [0.15, 0.2) is 5.84 Å². The largest absolute Gasteiger partial charge is 0.288 e. The van der Waals surface area contributed by atoms with Crippen molar-refractivity contribution in [1.29, 1.82) is 0 Å². The van der Waals surface area contributed by atoms with Crippen LogP contribution in [0.2, 0.25) is 0 Å². The van der Waals surface area contributed by atoms with Gasteiger partial charge in [0.05, 0.1) is 10.6 Å². The van der Waals surface area contributed by atoms with Gasteiger partial charge in [-0.1, -0.05) is 60.7 Å². The van der Waals surface area contributed by atoms with Crippen LogP contribution in [0.15, 0.2) is 99.0 Å². The van der Waals surface area contributed by atoms with Crippen LogP contribution in [0, 0.1) is 0 Å². The van der Waals surface area contributed by atoms with E-state index in [9.17, 15) is 13.2 Å². The lowest BCUT2D eigenvalue weighted by Gasteiger charge is -2.07. The van der Waals surface area contributed by atoms with Gasteiger partial charge in [-0.15, -0.1) is 22.0 Å². The molecule has 0 amide bonds.